The zero-order valence-electron chi connectivity index (χ0n) is 19.6. The molecule has 1 aliphatic heterocycles. The Bertz CT molecular complexity index is 1330. The molecule has 6 nitrogen and oxygen atoms in total. The summed E-state index contributed by atoms with van der Waals surface area (Å²) in [5, 5.41) is 2.77. The number of ether oxygens (including phenoxy) is 1. The van der Waals surface area contributed by atoms with E-state index in [2.05, 4.69) is 15.3 Å². The number of carbonyl (C=O) groups is 1. The van der Waals surface area contributed by atoms with Gasteiger partial charge in [-0.25, -0.2) is 18.2 Å². The summed E-state index contributed by atoms with van der Waals surface area (Å²) in [6.07, 6.45) is 6.71. The number of anilines is 1. The summed E-state index contributed by atoms with van der Waals surface area (Å²) < 4.78 is 49.5. The quantitative estimate of drug-likeness (QED) is 0.483. The Labute approximate surface area is 206 Å². The van der Waals surface area contributed by atoms with Crippen molar-refractivity contribution < 1.29 is 22.7 Å². The Hall–Kier alpha value is -3.56. The lowest BCUT2D eigenvalue weighted by Crippen LogP contribution is -2.25. The number of hydrogen-bond donors (Lipinski definition) is 2. The summed E-state index contributed by atoms with van der Waals surface area (Å²) in [6.45, 7) is 2.76. The molecule has 2 atom stereocenters. The van der Waals surface area contributed by atoms with E-state index in [-0.39, 0.29) is 23.6 Å². The molecule has 5 rings (SSSR count). The molecule has 3 N–H and O–H groups in total. The molecule has 36 heavy (non-hydrogen) atoms. The fraction of sp³-hybridized carbons (Fsp3) is 0.296. The minimum atomic E-state index is -0.951. The molecule has 9 heteroatoms. The molecule has 0 bridgehead atoms. The van der Waals surface area contributed by atoms with Crippen LogP contribution in [0.1, 0.15) is 53.2 Å². The number of nitrogens with zero attached hydrogens (tertiary/aromatic N) is 2. The number of hydrogen-bond acceptors (Lipinski definition) is 5. The largest absolute Gasteiger partial charge is 0.380 e. The van der Waals surface area contributed by atoms with E-state index < -0.39 is 34.6 Å². The summed E-state index contributed by atoms with van der Waals surface area (Å²) in [5.41, 5.74) is 7.72. The van der Waals surface area contributed by atoms with Crippen LogP contribution in [0.3, 0.4) is 0 Å². The first-order chi connectivity index (χ1) is 17.3. The Kier molecular flexibility index (Phi) is 6.59. The molecular formula is C27H25F3N4O2. The van der Waals surface area contributed by atoms with E-state index in [1.807, 2.05) is 19.1 Å². The molecule has 3 aromatic rings. The molecule has 2 aliphatic rings. The van der Waals surface area contributed by atoms with Gasteiger partial charge in [0.15, 0.2) is 0 Å². The number of nitrogens with two attached hydrogens (primary N) is 1. The molecule has 1 amide bonds. The molecular weight excluding hydrogens is 469 g/mol. The third-order valence-corrected chi connectivity index (χ3v) is 6.66. The number of aromatic nitrogens is 2. The van der Waals surface area contributed by atoms with Gasteiger partial charge in [0.1, 0.15) is 28.8 Å². The van der Waals surface area contributed by atoms with Crippen molar-refractivity contribution in [2.24, 2.45) is 5.73 Å². The van der Waals surface area contributed by atoms with Crippen LogP contribution >= 0.6 is 0 Å². The molecule has 3 heterocycles. The van der Waals surface area contributed by atoms with Crippen molar-refractivity contribution in [3.05, 3.63) is 88.6 Å². The predicted molar refractivity (Wildman–Crippen MR) is 129 cm³/mol. The lowest BCUT2D eigenvalue weighted by atomic mass is 9.82. The van der Waals surface area contributed by atoms with Crippen LogP contribution < -0.4 is 11.1 Å². The number of rotatable bonds is 5. The maximum atomic E-state index is 14.9. The molecule has 1 saturated heterocycles. The Morgan fingerprint density at radius 1 is 1.08 bits per heavy atom. The number of nitrogens with one attached hydrogen (secondary N) is 1. The maximum Gasteiger partial charge on any atom is 0.274 e. The normalized spacial score (nSPS) is 20.0. The SMILES string of the molecule is CC1=C[C@H](N)C[C@H](c2ccncc2NC(=O)c2ccc(F)c(-c3c(F)cc(C4COC4)cc3F)n2)C1. The van der Waals surface area contributed by atoms with E-state index in [0.29, 0.717) is 30.9 Å². The topological polar surface area (TPSA) is 90.1 Å². The monoisotopic (exact) mass is 494 g/mol. The molecule has 186 valence electrons. The standard InChI is InChI=1S/C27H25F3N4O2/c1-14-6-16(8-18(31)7-14)19-4-5-32-11-24(19)34-27(35)23-3-2-20(28)26(33-23)25-21(29)9-15(10-22(25)30)17-12-36-13-17/h2-5,7,9-11,16-18H,6,8,12-13,31H2,1H3,(H,34,35)/t16-,18+/m1/s1. The summed E-state index contributed by atoms with van der Waals surface area (Å²) in [7, 11) is 0. The van der Waals surface area contributed by atoms with Gasteiger partial charge in [0.2, 0.25) is 0 Å². The molecule has 0 unspecified atom stereocenters. The average molecular weight is 495 g/mol. The maximum absolute atomic E-state index is 14.9. The Morgan fingerprint density at radius 3 is 2.50 bits per heavy atom. The minimum Gasteiger partial charge on any atom is -0.380 e. The zero-order valence-corrected chi connectivity index (χ0v) is 19.6. The van der Waals surface area contributed by atoms with Gasteiger partial charge in [-0.05, 0) is 67.1 Å². The highest BCUT2D eigenvalue weighted by Crippen LogP contribution is 2.36. The highest BCUT2D eigenvalue weighted by molar-refractivity contribution is 6.03. The van der Waals surface area contributed by atoms with Crippen LogP contribution in [0.5, 0.6) is 0 Å². The number of pyridine rings is 2. The van der Waals surface area contributed by atoms with Crippen molar-refractivity contribution in [3.63, 3.8) is 0 Å². The van der Waals surface area contributed by atoms with Crippen molar-refractivity contribution in [2.45, 2.75) is 37.6 Å². The molecule has 2 aromatic heterocycles. The molecule has 0 spiro atoms. The van der Waals surface area contributed by atoms with Crippen molar-refractivity contribution >= 4 is 11.6 Å². The van der Waals surface area contributed by atoms with Crippen LogP contribution in [0.25, 0.3) is 11.3 Å². The van der Waals surface area contributed by atoms with E-state index in [0.717, 1.165) is 35.8 Å². The smallest absolute Gasteiger partial charge is 0.274 e. The van der Waals surface area contributed by atoms with Gasteiger partial charge in [-0.2, -0.15) is 0 Å². The van der Waals surface area contributed by atoms with Crippen LogP contribution in [-0.4, -0.2) is 35.1 Å². The van der Waals surface area contributed by atoms with E-state index in [9.17, 15) is 18.0 Å². The first kappa shape index (κ1) is 24.1. The third kappa shape index (κ3) is 4.76. The Morgan fingerprint density at radius 2 is 1.83 bits per heavy atom. The van der Waals surface area contributed by atoms with Gasteiger partial charge in [-0.1, -0.05) is 11.6 Å². The second-order valence-electron chi connectivity index (χ2n) is 9.35. The van der Waals surface area contributed by atoms with Gasteiger partial charge in [0, 0.05) is 18.2 Å². The second-order valence-corrected chi connectivity index (χ2v) is 9.35. The number of halogens is 3. The molecule has 1 aromatic carbocycles. The van der Waals surface area contributed by atoms with Crippen molar-refractivity contribution in [2.75, 3.05) is 18.5 Å². The molecule has 1 aliphatic carbocycles. The molecule has 1 fully saturated rings. The van der Waals surface area contributed by atoms with Crippen LogP contribution in [0.4, 0.5) is 18.9 Å². The third-order valence-electron chi connectivity index (χ3n) is 6.66. The first-order valence-corrected chi connectivity index (χ1v) is 11.7. The first-order valence-electron chi connectivity index (χ1n) is 11.7. The van der Waals surface area contributed by atoms with Gasteiger partial charge in [0.05, 0.1) is 30.7 Å². The number of carbonyl (C=O) groups excluding carboxylic acids is 1. The van der Waals surface area contributed by atoms with Crippen LogP contribution in [0, 0.1) is 17.5 Å². The summed E-state index contributed by atoms with van der Waals surface area (Å²) >= 11 is 0. The highest BCUT2D eigenvalue weighted by Gasteiger charge is 2.27. The van der Waals surface area contributed by atoms with Gasteiger partial charge in [0.25, 0.3) is 5.91 Å². The lowest BCUT2D eigenvalue weighted by molar-refractivity contribution is 0.00822. The van der Waals surface area contributed by atoms with Gasteiger partial charge < -0.3 is 15.8 Å². The van der Waals surface area contributed by atoms with Crippen LogP contribution in [0.2, 0.25) is 0 Å². The highest BCUT2D eigenvalue weighted by atomic mass is 19.1. The fourth-order valence-electron chi connectivity index (χ4n) is 4.82. The number of benzene rings is 1. The minimum absolute atomic E-state index is 0.0859. The van der Waals surface area contributed by atoms with Gasteiger partial charge >= 0.3 is 0 Å². The van der Waals surface area contributed by atoms with Crippen molar-refractivity contribution in [3.8, 4) is 11.3 Å². The average Bonchev–Trinajstić information content (AvgIpc) is 2.78. The summed E-state index contributed by atoms with van der Waals surface area (Å²) in [4.78, 5) is 21.2. The van der Waals surface area contributed by atoms with E-state index in [1.54, 1.807) is 6.20 Å². The lowest BCUT2D eigenvalue weighted by Gasteiger charge is -2.27. The van der Waals surface area contributed by atoms with Crippen LogP contribution in [-0.2, 0) is 4.74 Å². The predicted octanol–water partition coefficient (Wildman–Crippen LogP) is 5.08. The molecule has 0 radical (unpaired) electrons. The van der Waals surface area contributed by atoms with E-state index in [4.69, 9.17) is 10.5 Å². The Balaban J connectivity index is 1.43. The van der Waals surface area contributed by atoms with Crippen molar-refractivity contribution in [1.29, 1.82) is 0 Å². The second kappa shape index (κ2) is 9.83. The number of amides is 1. The van der Waals surface area contributed by atoms with E-state index >= 15 is 0 Å². The van der Waals surface area contributed by atoms with E-state index in [1.165, 1.54) is 12.3 Å². The zero-order chi connectivity index (χ0) is 25.4. The van der Waals surface area contributed by atoms with Gasteiger partial charge in [-0.15, -0.1) is 0 Å². The molecule has 0 saturated carbocycles. The fourth-order valence-corrected chi connectivity index (χ4v) is 4.82. The summed E-state index contributed by atoms with van der Waals surface area (Å²) in [5.74, 6) is -3.51. The summed E-state index contributed by atoms with van der Waals surface area (Å²) in [6, 6.07) is 6.20. The van der Waals surface area contributed by atoms with Crippen molar-refractivity contribution in [1.82, 2.24) is 9.97 Å². The van der Waals surface area contributed by atoms with Crippen LogP contribution in [0.15, 0.2) is 54.4 Å². The number of allylic oxidation sites excluding steroid dienone is 1. The van der Waals surface area contributed by atoms with Gasteiger partial charge in [-0.3, -0.25) is 9.78 Å².